The summed E-state index contributed by atoms with van der Waals surface area (Å²) in [5.74, 6) is 1.52. The Labute approximate surface area is 115 Å². The summed E-state index contributed by atoms with van der Waals surface area (Å²) < 4.78 is 12.4. The van der Waals surface area contributed by atoms with Gasteiger partial charge in [0.1, 0.15) is 6.54 Å². The van der Waals surface area contributed by atoms with E-state index in [4.69, 9.17) is 20.9 Å². The van der Waals surface area contributed by atoms with Crippen LogP contribution in [-0.4, -0.2) is 33.1 Å². The SMILES string of the molecule is Cc1nn(Cc2nc([C@@H]3CCOC3)no2)c(C)c1Cl. The normalized spacial score (nSPS) is 19.2. The molecule has 1 saturated heterocycles. The molecule has 0 amide bonds. The van der Waals surface area contributed by atoms with Crippen molar-refractivity contribution >= 4 is 11.6 Å². The van der Waals surface area contributed by atoms with Crippen LogP contribution < -0.4 is 0 Å². The maximum atomic E-state index is 6.11. The number of nitrogens with zero attached hydrogens (tertiary/aromatic N) is 4. The van der Waals surface area contributed by atoms with Crippen molar-refractivity contribution in [3.63, 3.8) is 0 Å². The third kappa shape index (κ3) is 2.37. The van der Waals surface area contributed by atoms with E-state index in [1.807, 2.05) is 13.8 Å². The molecule has 3 rings (SSSR count). The van der Waals surface area contributed by atoms with Gasteiger partial charge in [-0.15, -0.1) is 0 Å². The highest BCUT2D eigenvalue weighted by Gasteiger charge is 2.23. The molecule has 1 aliphatic rings. The lowest BCUT2D eigenvalue weighted by molar-refractivity contribution is 0.192. The first-order chi connectivity index (χ1) is 9.15. The monoisotopic (exact) mass is 282 g/mol. The summed E-state index contributed by atoms with van der Waals surface area (Å²) in [5.41, 5.74) is 1.71. The molecule has 0 aliphatic carbocycles. The van der Waals surface area contributed by atoms with Crippen molar-refractivity contribution in [3.8, 4) is 0 Å². The summed E-state index contributed by atoms with van der Waals surface area (Å²) >= 11 is 6.11. The maximum absolute atomic E-state index is 6.11. The number of halogens is 1. The number of rotatable bonds is 3. The Hall–Kier alpha value is -1.40. The van der Waals surface area contributed by atoms with Crippen LogP contribution in [0.25, 0.3) is 0 Å². The predicted octanol–water partition coefficient (Wildman–Crippen LogP) is 2.09. The number of aryl methyl sites for hydroxylation is 1. The Kier molecular flexibility index (Phi) is 3.28. The fourth-order valence-corrected chi connectivity index (χ4v) is 2.33. The van der Waals surface area contributed by atoms with E-state index < -0.39 is 0 Å². The Morgan fingerprint density at radius 2 is 2.26 bits per heavy atom. The Balaban J connectivity index is 1.78. The van der Waals surface area contributed by atoms with Crippen molar-refractivity contribution in [1.29, 1.82) is 0 Å². The zero-order valence-electron chi connectivity index (χ0n) is 10.9. The average molecular weight is 283 g/mol. The van der Waals surface area contributed by atoms with Crippen molar-refractivity contribution in [1.82, 2.24) is 19.9 Å². The molecule has 0 N–H and O–H groups in total. The van der Waals surface area contributed by atoms with E-state index in [-0.39, 0.29) is 5.92 Å². The molecule has 0 unspecified atom stereocenters. The summed E-state index contributed by atoms with van der Waals surface area (Å²) in [6, 6.07) is 0. The highest BCUT2D eigenvalue weighted by atomic mass is 35.5. The Morgan fingerprint density at radius 3 is 2.89 bits per heavy atom. The molecule has 102 valence electrons. The van der Waals surface area contributed by atoms with Gasteiger partial charge in [0.2, 0.25) is 5.89 Å². The van der Waals surface area contributed by atoms with E-state index >= 15 is 0 Å². The standard InChI is InChI=1S/C12H15ClN4O2/c1-7-11(13)8(2)17(15-7)5-10-14-12(16-19-10)9-3-4-18-6-9/h9H,3-6H2,1-2H3/t9-/m1/s1. The van der Waals surface area contributed by atoms with Crippen LogP contribution in [0.1, 0.15) is 35.4 Å². The molecule has 2 aromatic rings. The molecule has 6 nitrogen and oxygen atoms in total. The predicted molar refractivity (Wildman–Crippen MR) is 68.3 cm³/mol. The zero-order valence-corrected chi connectivity index (χ0v) is 11.6. The van der Waals surface area contributed by atoms with Gasteiger partial charge in [-0.2, -0.15) is 10.1 Å². The zero-order chi connectivity index (χ0) is 13.4. The molecular formula is C12H15ClN4O2. The van der Waals surface area contributed by atoms with Crippen LogP contribution in [0.3, 0.4) is 0 Å². The van der Waals surface area contributed by atoms with Crippen LogP contribution in [0.15, 0.2) is 4.52 Å². The largest absolute Gasteiger partial charge is 0.381 e. The van der Waals surface area contributed by atoms with Gasteiger partial charge in [0.15, 0.2) is 5.82 Å². The summed E-state index contributed by atoms with van der Waals surface area (Å²) in [7, 11) is 0. The van der Waals surface area contributed by atoms with Gasteiger partial charge in [-0.3, -0.25) is 4.68 Å². The minimum atomic E-state index is 0.251. The van der Waals surface area contributed by atoms with E-state index in [9.17, 15) is 0 Å². The van der Waals surface area contributed by atoms with E-state index in [1.165, 1.54) is 0 Å². The number of hydrogen-bond donors (Lipinski definition) is 0. The van der Waals surface area contributed by atoms with Crippen LogP contribution in [0.2, 0.25) is 5.02 Å². The van der Waals surface area contributed by atoms with Gasteiger partial charge >= 0.3 is 0 Å². The van der Waals surface area contributed by atoms with Crippen LogP contribution in [-0.2, 0) is 11.3 Å². The van der Waals surface area contributed by atoms with Crippen molar-refractivity contribution < 1.29 is 9.26 Å². The number of hydrogen-bond acceptors (Lipinski definition) is 5. The minimum Gasteiger partial charge on any atom is -0.381 e. The van der Waals surface area contributed by atoms with Crippen LogP contribution in [0.4, 0.5) is 0 Å². The highest BCUT2D eigenvalue weighted by molar-refractivity contribution is 6.31. The molecule has 1 fully saturated rings. The molecular weight excluding hydrogens is 268 g/mol. The quantitative estimate of drug-likeness (QED) is 0.862. The second kappa shape index (κ2) is 4.94. The first kappa shape index (κ1) is 12.6. The highest BCUT2D eigenvalue weighted by Crippen LogP contribution is 2.23. The fourth-order valence-electron chi connectivity index (χ4n) is 2.19. The molecule has 3 heterocycles. The van der Waals surface area contributed by atoms with Crippen molar-refractivity contribution in [2.75, 3.05) is 13.2 Å². The van der Waals surface area contributed by atoms with E-state index in [0.717, 1.165) is 30.2 Å². The summed E-state index contributed by atoms with van der Waals surface area (Å²) in [6.07, 6.45) is 0.949. The molecule has 0 bridgehead atoms. The Bertz CT molecular complexity index is 587. The molecule has 0 spiro atoms. The van der Waals surface area contributed by atoms with Crippen molar-refractivity contribution in [2.24, 2.45) is 0 Å². The lowest BCUT2D eigenvalue weighted by Crippen LogP contribution is -2.05. The summed E-state index contributed by atoms with van der Waals surface area (Å²) in [4.78, 5) is 4.41. The topological polar surface area (TPSA) is 66.0 Å². The first-order valence-corrected chi connectivity index (χ1v) is 6.62. The Morgan fingerprint density at radius 1 is 1.42 bits per heavy atom. The second-order valence-corrected chi connectivity index (χ2v) is 5.13. The fraction of sp³-hybridized carbons (Fsp3) is 0.583. The van der Waals surface area contributed by atoms with Gasteiger partial charge in [-0.05, 0) is 20.3 Å². The van der Waals surface area contributed by atoms with Crippen molar-refractivity contribution in [3.05, 3.63) is 28.1 Å². The lowest BCUT2D eigenvalue weighted by atomic mass is 10.1. The number of ether oxygens (including phenoxy) is 1. The van der Waals surface area contributed by atoms with Crippen LogP contribution >= 0.6 is 11.6 Å². The van der Waals surface area contributed by atoms with Gasteiger partial charge in [-0.25, -0.2) is 0 Å². The van der Waals surface area contributed by atoms with Gasteiger partial charge in [0.25, 0.3) is 0 Å². The summed E-state index contributed by atoms with van der Waals surface area (Å²) in [6.45, 7) is 5.68. The third-order valence-electron chi connectivity index (χ3n) is 3.36. The van der Waals surface area contributed by atoms with Gasteiger partial charge < -0.3 is 9.26 Å². The average Bonchev–Trinajstić information content (AvgIpc) is 3.09. The van der Waals surface area contributed by atoms with Crippen LogP contribution in [0, 0.1) is 13.8 Å². The lowest BCUT2D eigenvalue weighted by Gasteiger charge is -2.00. The molecule has 0 aromatic carbocycles. The molecule has 19 heavy (non-hydrogen) atoms. The van der Waals surface area contributed by atoms with Gasteiger partial charge in [0, 0.05) is 12.5 Å². The second-order valence-electron chi connectivity index (χ2n) is 4.75. The minimum absolute atomic E-state index is 0.251. The smallest absolute Gasteiger partial charge is 0.248 e. The van der Waals surface area contributed by atoms with Crippen molar-refractivity contribution in [2.45, 2.75) is 32.7 Å². The molecule has 1 aliphatic heterocycles. The third-order valence-corrected chi connectivity index (χ3v) is 3.90. The first-order valence-electron chi connectivity index (χ1n) is 6.25. The molecule has 0 radical (unpaired) electrons. The molecule has 0 saturated carbocycles. The molecule has 2 aromatic heterocycles. The van der Waals surface area contributed by atoms with E-state index in [2.05, 4.69) is 15.2 Å². The molecule has 1 atom stereocenters. The van der Waals surface area contributed by atoms with E-state index in [1.54, 1.807) is 4.68 Å². The number of aromatic nitrogens is 4. The van der Waals surface area contributed by atoms with Gasteiger partial charge in [0.05, 0.1) is 23.0 Å². The maximum Gasteiger partial charge on any atom is 0.248 e. The van der Waals surface area contributed by atoms with Crippen LogP contribution in [0.5, 0.6) is 0 Å². The van der Waals surface area contributed by atoms with E-state index in [0.29, 0.717) is 24.1 Å². The summed E-state index contributed by atoms with van der Waals surface area (Å²) in [5, 5.41) is 9.04. The van der Waals surface area contributed by atoms with Gasteiger partial charge in [-0.1, -0.05) is 16.8 Å². The molecule has 7 heteroatoms.